The maximum absolute atomic E-state index is 15.8. The SMILES string of the molecule is CC#C[C@]1(C(=O)COC)CC[C@H]2[C@@H]3CC(F)C4=CC(=O)CCC4=C3[C@@H](c3ccc(N4CCCC4)cc3)C[C@@]21C. The van der Waals surface area contributed by atoms with E-state index in [0.717, 1.165) is 31.5 Å². The van der Waals surface area contributed by atoms with Gasteiger partial charge in [0.15, 0.2) is 11.6 Å². The van der Waals surface area contributed by atoms with Crippen LogP contribution in [0.3, 0.4) is 0 Å². The van der Waals surface area contributed by atoms with Gasteiger partial charge in [-0.05, 0) is 104 Å². The number of methoxy groups -OCH3 is 1. The summed E-state index contributed by atoms with van der Waals surface area (Å²) in [5.74, 6) is 6.88. The van der Waals surface area contributed by atoms with Crippen LogP contribution in [0, 0.1) is 34.5 Å². The molecule has 3 fully saturated rings. The number of carbonyl (C=O) groups excluding carboxylic acids is 2. The fourth-order valence-electron chi connectivity index (χ4n) is 9.05. The fourth-order valence-corrected chi connectivity index (χ4v) is 9.05. The van der Waals surface area contributed by atoms with Crippen LogP contribution >= 0.6 is 0 Å². The molecule has 2 saturated carbocycles. The van der Waals surface area contributed by atoms with Crippen LogP contribution in [-0.4, -0.2) is 44.5 Å². The van der Waals surface area contributed by atoms with Gasteiger partial charge in [-0.2, -0.15) is 0 Å². The Morgan fingerprint density at radius 3 is 2.62 bits per heavy atom. The summed E-state index contributed by atoms with van der Waals surface area (Å²) in [7, 11) is 1.57. The van der Waals surface area contributed by atoms with Gasteiger partial charge in [0.05, 0.1) is 5.41 Å². The number of halogens is 1. The Hall–Kier alpha value is -2.71. The highest BCUT2D eigenvalue weighted by Crippen LogP contribution is 2.69. The number of ether oxygens (including phenoxy) is 1. The quantitative estimate of drug-likeness (QED) is 0.417. The van der Waals surface area contributed by atoms with Gasteiger partial charge in [0.1, 0.15) is 12.8 Å². The molecule has 206 valence electrons. The van der Waals surface area contributed by atoms with E-state index in [-0.39, 0.29) is 35.9 Å². The topological polar surface area (TPSA) is 46.6 Å². The Morgan fingerprint density at radius 2 is 1.92 bits per heavy atom. The number of nitrogens with zero attached hydrogens (tertiary/aromatic N) is 1. The lowest BCUT2D eigenvalue weighted by molar-refractivity contribution is -0.136. The van der Waals surface area contributed by atoms with Crippen molar-refractivity contribution in [1.29, 1.82) is 0 Å². The lowest BCUT2D eigenvalue weighted by atomic mass is 9.48. The van der Waals surface area contributed by atoms with Crippen molar-refractivity contribution in [2.45, 2.75) is 77.3 Å². The van der Waals surface area contributed by atoms with E-state index in [2.05, 4.69) is 47.9 Å². The van der Waals surface area contributed by atoms with Crippen LogP contribution in [0.1, 0.15) is 76.7 Å². The molecule has 0 amide bonds. The highest BCUT2D eigenvalue weighted by atomic mass is 19.1. The third-order valence-corrected chi connectivity index (χ3v) is 10.8. The van der Waals surface area contributed by atoms with Gasteiger partial charge < -0.3 is 9.64 Å². The normalized spacial score (nSPS) is 35.5. The van der Waals surface area contributed by atoms with Gasteiger partial charge in [0.2, 0.25) is 0 Å². The molecule has 1 aliphatic heterocycles. The number of Topliss-reactive ketones (excluding diaryl/α,β-unsaturated/α-hetero) is 1. The van der Waals surface area contributed by atoms with Crippen molar-refractivity contribution in [1.82, 2.24) is 0 Å². The first-order chi connectivity index (χ1) is 18.8. The summed E-state index contributed by atoms with van der Waals surface area (Å²) in [5.41, 5.74) is 4.32. The molecular formula is C34H40FNO3. The summed E-state index contributed by atoms with van der Waals surface area (Å²) < 4.78 is 21.2. The zero-order valence-corrected chi connectivity index (χ0v) is 23.5. The number of benzene rings is 1. The molecular weight excluding hydrogens is 489 g/mol. The average molecular weight is 530 g/mol. The second-order valence-corrected chi connectivity index (χ2v) is 12.6. The van der Waals surface area contributed by atoms with Crippen molar-refractivity contribution in [3.63, 3.8) is 0 Å². The first-order valence-corrected chi connectivity index (χ1v) is 14.8. The zero-order chi connectivity index (χ0) is 27.4. The van der Waals surface area contributed by atoms with E-state index >= 15 is 4.39 Å². The molecule has 39 heavy (non-hydrogen) atoms. The summed E-state index contributed by atoms with van der Waals surface area (Å²) >= 11 is 0. The first-order valence-electron chi connectivity index (χ1n) is 14.8. The smallest absolute Gasteiger partial charge is 0.176 e. The second kappa shape index (κ2) is 10.0. The number of ketones is 2. The van der Waals surface area contributed by atoms with Gasteiger partial charge in [-0.15, -0.1) is 5.92 Å². The van der Waals surface area contributed by atoms with Crippen LogP contribution in [0.5, 0.6) is 0 Å². The monoisotopic (exact) mass is 529 g/mol. The van der Waals surface area contributed by atoms with Gasteiger partial charge in [0.25, 0.3) is 0 Å². The lowest BCUT2D eigenvalue weighted by Crippen LogP contribution is -2.52. The third-order valence-electron chi connectivity index (χ3n) is 10.8. The fraction of sp³-hybridized carbons (Fsp3) is 0.588. The number of hydrogen-bond acceptors (Lipinski definition) is 4. The molecule has 1 heterocycles. The van der Waals surface area contributed by atoms with E-state index < -0.39 is 17.0 Å². The van der Waals surface area contributed by atoms with Crippen molar-refractivity contribution >= 4 is 17.3 Å². The molecule has 0 radical (unpaired) electrons. The molecule has 6 atom stereocenters. The van der Waals surface area contributed by atoms with E-state index in [9.17, 15) is 9.59 Å². The Kier molecular flexibility index (Phi) is 6.82. The van der Waals surface area contributed by atoms with Crippen molar-refractivity contribution in [2.75, 3.05) is 31.7 Å². The molecule has 5 heteroatoms. The van der Waals surface area contributed by atoms with Crippen molar-refractivity contribution in [3.05, 3.63) is 52.6 Å². The van der Waals surface area contributed by atoms with E-state index in [1.807, 2.05) is 6.92 Å². The maximum atomic E-state index is 15.8. The molecule has 1 saturated heterocycles. The van der Waals surface area contributed by atoms with Gasteiger partial charge >= 0.3 is 0 Å². The highest BCUT2D eigenvalue weighted by Gasteiger charge is 2.66. The standard InChI is InChI=1S/C34H40FNO3/c1-4-14-34(31(38)21-39-3)15-13-29-27-19-30(35)26-18-24(37)11-12-25(26)32(27)28(20-33(29,34)2)22-7-9-23(10-8-22)36-16-5-6-17-36/h7-10,18,27-30H,5-6,11-13,15-17,19-21H2,1-3H3/t27-,28+,29-,30?,33-,34+/m0/s1. The largest absolute Gasteiger partial charge is 0.377 e. The molecule has 0 spiro atoms. The van der Waals surface area contributed by atoms with Crippen molar-refractivity contribution in [2.24, 2.45) is 22.7 Å². The van der Waals surface area contributed by atoms with E-state index in [1.54, 1.807) is 13.2 Å². The Bertz CT molecular complexity index is 1290. The molecule has 0 bridgehead atoms. The number of fused-ring (bicyclic) bond motifs is 4. The van der Waals surface area contributed by atoms with Crippen molar-refractivity contribution in [3.8, 4) is 11.8 Å². The number of rotatable bonds is 5. The van der Waals surface area contributed by atoms with Crippen LogP contribution in [0.25, 0.3) is 0 Å². The first kappa shape index (κ1) is 26.5. The number of alkyl halides is 1. The molecule has 1 unspecified atom stereocenters. The van der Waals surface area contributed by atoms with Gasteiger partial charge in [-0.25, -0.2) is 4.39 Å². The van der Waals surface area contributed by atoms with Crippen LogP contribution in [0.2, 0.25) is 0 Å². The summed E-state index contributed by atoms with van der Waals surface area (Å²) in [6.07, 6.45) is 6.69. The average Bonchev–Trinajstić information content (AvgIpc) is 3.56. The Morgan fingerprint density at radius 1 is 1.18 bits per heavy atom. The summed E-state index contributed by atoms with van der Waals surface area (Å²) in [4.78, 5) is 28.5. The molecule has 4 aliphatic carbocycles. The van der Waals surface area contributed by atoms with Crippen LogP contribution in [0.15, 0.2) is 47.1 Å². The summed E-state index contributed by atoms with van der Waals surface area (Å²) in [5, 5.41) is 0. The molecule has 6 rings (SSSR count). The van der Waals surface area contributed by atoms with E-state index in [0.29, 0.717) is 31.3 Å². The zero-order valence-electron chi connectivity index (χ0n) is 23.5. The van der Waals surface area contributed by atoms with E-state index in [4.69, 9.17) is 4.74 Å². The molecule has 0 N–H and O–H groups in total. The van der Waals surface area contributed by atoms with Crippen LogP contribution in [-0.2, 0) is 14.3 Å². The number of carbonyl (C=O) groups is 2. The van der Waals surface area contributed by atoms with Crippen LogP contribution in [0.4, 0.5) is 10.1 Å². The second-order valence-electron chi connectivity index (χ2n) is 12.6. The van der Waals surface area contributed by atoms with E-state index in [1.165, 1.54) is 29.7 Å². The third kappa shape index (κ3) is 4.05. The minimum absolute atomic E-state index is 0.0332. The van der Waals surface area contributed by atoms with Gasteiger partial charge in [-0.1, -0.05) is 30.6 Å². The minimum Gasteiger partial charge on any atom is -0.377 e. The number of hydrogen-bond donors (Lipinski definition) is 0. The predicted molar refractivity (Wildman–Crippen MR) is 151 cm³/mol. The molecule has 1 aromatic carbocycles. The molecule has 4 nitrogen and oxygen atoms in total. The lowest BCUT2D eigenvalue weighted by Gasteiger charge is -2.55. The van der Waals surface area contributed by atoms with Gasteiger partial charge in [0, 0.05) is 38.2 Å². The highest BCUT2D eigenvalue weighted by molar-refractivity contribution is 5.93. The summed E-state index contributed by atoms with van der Waals surface area (Å²) in [6, 6.07) is 8.98. The number of anilines is 1. The molecule has 5 aliphatic rings. The van der Waals surface area contributed by atoms with Crippen LogP contribution < -0.4 is 4.90 Å². The maximum Gasteiger partial charge on any atom is 0.176 e. The Balaban J connectivity index is 1.50. The Labute approximate surface area is 232 Å². The summed E-state index contributed by atoms with van der Waals surface area (Å²) in [6.45, 7) is 6.31. The van der Waals surface area contributed by atoms with Gasteiger partial charge in [-0.3, -0.25) is 9.59 Å². The predicted octanol–water partition coefficient (Wildman–Crippen LogP) is 6.36. The minimum atomic E-state index is -1.14. The number of allylic oxidation sites excluding steroid dienone is 4. The van der Waals surface area contributed by atoms with Crippen molar-refractivity contribution < 1.29 is 18.7 Å². The molecule has 1 aromatic rings. The molecule has 0 aromatic heterocycles.